The largest absolute Gasteiger partial charge is 0.496 e. The molecule has 0 heterocycles. The maximum Gasteiger partial charge on any atom is 0.255 e. The first-order valence-corrected chi connectivity index (χ1v) is 4.74. The molecule has 82 valence electrons. The molecule has 0 aliphatic heterocycles. The number of ether oxygens (including phenoxy) is 1. The van der Waals surface area contributed by atoms with Crippen LogP contribution in [0.25, 0.3) is 0 Å². The number of hydrogen-bond donors (Lipinski definition) is 2. The zero-order chi connectivity index (χ0) is 11.3. The molecule has 0 aliphatic carbocycles. The molecule has 1 unspecified atom stereocenters. The third kappa shape index (κ3) is 3.25. The first-order chi connectivity index (χ1) is 7.15. The van der Waals surface area contributed by atoms with E-state index in [2.05, 4.69) is 5.32 Å². The molecule has 2 N–H and O–H groups in total. The molecular formula is C11H15NO3. The van der Waals surface area contributed by atoms with Gasteiger partial charge in [0.05, 0.1) is 18.8 Å². The van der Waals surface area contributed by atoms with E-state index in [0.717, 1.165) is 0 Å². The molecular weight excluding hydrogens is 194 g/mol. The monoisotopic (exact) mass is 209 g/mol. The Kier molecular flexibility index (Phi) is 4.12. The number of amides is 1. The molecule has 0 saturated carbocycles. The molecule has 0 fully saturated rings. The SMILES string of the molecule is COc1ccccc1C(=O)NCC(C)O. The predicted octanol–water partition coefficient (Wildman–Crippen LogP) is 0.806. The molecule has 1 amide bonds. The van der Waals surface area contributed by atoms with Gasteiger partial charge in [-0.15, -0.1) is 0 Å². The van der Waals surface area contributed by atoms with Crippen molar-refractivity contribution in [2.45, 2.75) is 13.0 Å². The molecule has 4 nitrogen and oxygen atoms in total. The van der Waals surface area contributed by atoms with E-state index >= 15 is 0 Å². The Labute approximate surface area is 88.9 Å². The second kappa shape index (κ2) is 5.36. The molecule has 1 atom stereocenters. The summed E-state index contributed by atoms with van der Waals surface area (Å²) < 4.78 is 5.05. The van der Waals surface area contributed by atoms with Gasteiger partial charge in [0.25, 0.3) is 5.91 Å². The summed E-state index contributed by atoms with van der Waals surface area (Å²) >= 11 is 0. The van der Waals surface area contributed by atoms with Crippen molar-refractivity contribution >= 4 is 5.91 Å². The molecule has 0 radical (unpaired) electrons. The lowest BCUT2D eigenvalue weighted by atomic mass is 10.2. The summed E-state index contributed by atoms with van der Waals surface area (Å²) in [4.78, 5) is 11.6. The third-order valence-electron chi connectivity index (χ3n) is 1.91. The first-order valence-electron chi connectivity index (χ1n) is 4.74. The highest BCUT2D eigenvalue weighted by molar-refractivity contribution is 5.96. The minimum Gasteiger partial charge on any atom is -0.496 e. The topological polar surface area (TPSA) is 58.6 Å². The summed E-state index contributed by atoms with van der Waals surface area (Å²) in [6, 6.07) is 6.96. The maximum atomic E-state index is 11.6. The molecule has 0 aliphatic rings. The van der Waals surface area contributed by atoms with Crippen molar-refractivity contribution in [2.75, 3.05) is 13.7 Å². The van der Waals surface area contributed by atoms with Gasteiger partial charge in [-0.3, -0.25) is 4.79 Å². The van der Waals surface area contributed by atoms with Crippen LogP contribution in [0.2, 0.25) is 0 Å². The number of para-hydroxylation sites is 1. The van der Waals surface area contributed by atoms with Crippen molar-refractivity contribution in [1.82, 2.24) is 5.32 Å². The third-order valence-corrected chi connectivity index (χ3v) is 1.91. The minimum atomic E-state index is -0.552. The fraction of sp³-hybridized carbons (Fsp3) is 0.364. The van der Waals surface area contributed by atoms with Gasteiger partial charge < -0.3 is 15.2 Å². The van der Waals surface area contributed by atoms with Crippen molar-refractivity contribution in [3.8, 4) is 5.75 Å². The summed E-state index contributed by atoms with van der Waals surface area (Å²) in [6.07, 6.45) is -0.552. The van der Waals surface area contributed by atoms with Crippen LogP contribution in [0.1, 0.15) is 17.3 Å². The molecule has 1 rings (SSSR count). The summed E-state index contributed by atoms with van der Waals surface area (Å²) in [6.45, 7) is 1.85. The summed E-state index contributed by atoms with van der Waals surface area (Å²) in [7, 11) is 1.51. The maximum absolute atomic E-state index is 11.6. The van der Waals surface area contributed by atoms with Crippen molar-refractivity contribution in [1.29, 1.82) is 0 Å². The van der Waals surface area contributed by atoms with Crippen LogP contribution in [0.5, 0.6) is 5.75 Å². The summed E-state index contributed by atoms with van der Waals surface area (Å²) in [5.74, 6) is 0.286. The predicted molar refractivity (Wildman–Crippen MR) is 57.0 cm³/mol. The molecule has 4 heteroatoms. The average molecular weight is 209 g/mol. The number of carbonyl (C=O) groups excluding carboxylic acids is 1. The zero-order valence-corrected chi connectivity index (χ0v) is 8.86. The Bertz CT molecular complexity index is 336. The van der Waals surface area contributed by atoms with Crippen LogP contribution in [0, 0.1) is 0 Å². The van der Waals surface area contributed by atoms with E-state index in [4.69, 9.17) is 9.84 Å². The van der Waals surface area contributed by atoms with Gasteiger partial charge in [-0.1, -0.05) is 12.1 Å². The molecule has 1 aromatic carbocycles. The number of aliphatic hydroxyl groups excluding tert-OH is 1. The van der Waals surface area contributed by atoms with Crippen LogP contribution >= 0.6 is 0 Å². The fourth-order valence-electron chi connectivity index (χ4n) is 1.17. The lowest BCUT2D eigenvalue weighted by molar-refractivity contribution is 0.0921. The van der Waals surface area contributed by atoms with Crippen LogP contribution in [0.3, 0.4) is 0 Å². The smallest absolute Gasteiger partial charge is 0.255 e. The van der Waals surface area contributed by atoms with E-state index in [1.807, 2.05) is 0 Å². The van der Waals surface area contributed by atoms with Gasteiger partial charge in [-0.25, -0.2) is 0 Å². The van der Waals surface area contributed by atoms with Crippen molar-refractivity contribution in [3.05, 3.63) is 29.8 Å². The number of hydrogen-bond acceptors (Lipinski definition) is 3. The van der Waals surface area contributed by atoms with E-state index in [-0.39, 0.29) is 12.5 Å². The standard InChI is InChI=1S/C11H15NO3/c1-8(13)7-12-11(14)9-5-3-4-6-10(9)15-2/h3-6,8,13H,7H2,1-2H3,(H,12,14). The minimum absolute atomic E-state index is 0.233. The van der Waals surface area contributed by atoms with Gasteiger partial charge in [-0.05, 0) is 19.1 Å². The van der Waals surface area contributed by atoms with Crippen molar-refractivity contribution < 1.29 is 14.6 Å². The Hall–Kier alpha value is -1.55. The lowest BCUT2D eigenvalue weighted by Crippen LogP contribution is -2.30. The van der Waals surface area contributed by atoms with Gasteiger partial charge >= 0.3 is 0 Å². The van der Waals surface area contributed by atoms with Crippen molar-refractivity contribution in [3.63, 3.8) is 0 Å². The number of methoxy groups -OCH3 is 1. The van der Waals surface area contributed by atoms with Gasteiger partial charge in [-0.2, -0.15) is 0 Å². The van der Waals surface area contributed by atoms with Gasteiger partial charge in [0.15, 0.2) is 0 Å². The lowest BCUT2D eigenvalue weighted by Gasteiger charge is -2.09. The zero-order valence-electron chi connectivity index (χ0n) is 8.86. The number of rotatable bonds is 4. The Morgan fingerprint density at radius 3 is 2.80 bits per heavy atom. The van der Waals surface area contributed by atoms with Gasteiger partial charge in [0.2, 0.25) is 0 Å². The van der Waals surface area contributed by atoms with Crippen molar-refractivity contribution in [2.24, 2.45) is 0 Å². The van der Waals surface area contributed by atoms with Crippen LogP contribution < -0.4 is 10.1 Å². The Morgan fingerprint density at radius 1 is 1.53 bits per heavy atom. The number of benzene rings is 1. The highest BCUT2D eigenvalue weighted by Crippen LogP contribution is 2.16. The second-order valence-corrected chi connectivity index (χ2v) is 3.26. The molecule has 0 saturated heterocycles. The van der Waals surface area contributed by atoms with E-state index < -0.39 is 6.10 Å². The molecule has 0 bridgehead atoms. The summed E-state index contributed by atoms with van der Waals surface area (Å²) in [5, 5.41) is 11.6. The number of carbonyl (C=O) groups is 1. The summed E-state index contributed by atoms with van der Waals surface area (Å²) in [5.41, 5.74) is 0.473. The Balaban J connectivity index is 2.72. The average Bonchev–Trinajstić information content (AvgIpc) is 2.25. The first kappa shape index (κ1) is 11.5. The van der Waals surface area contributed by atoms with Gasteiger partial charge in [0.1, 0.15) is 5.75 Å². The molecule has 0 aromatic heterocycles. The van der Waals surface area contributed by atoms with Crippen LogP contribution in [0.15, 0.2) is 24.3 Å². The number of nitrogens with one attached hydrogen (secondary N) is 1. The normalized spacial score (nSPS) is 11.9. The van der Waals surface area contributed by atoms with E-state index in [1.54, 1.807) is 31.2 Å². The fourth-order valence-corrected chi connectivity index (χ4v) is 1.17. The Morgan fingerprint density at radius 2 is 2.20 bits per heavy atom. The molecule has 15 heavy (non-hydrogen) atoms. The molecule has 1 aromatic rings. The van der Waals surface area contributed by atoms with E-state index in [9.17, 15) is 4.79 Å². The van der Waals surface area contributed by atoms with Crippen LogP contribution in [0.4, 0.5) is 0 Å². The van der Waals surface area contributed by atoms with Gasteiger partial charge in [0, 0.05) is 6.54 Å². The van der Waals surface area contributed by atoms with E-state index in [1.165, 1.54) is 7.11 Å². The highest BCUT2D eigenvalue weighted by Gasteiger charge is 2.10. The van der Waals surface area contributed by atoms with Crippen LogP contribution in [-0.4, -0.2) is 30.8 Å². The van der Waals surface area contributed by atoms with Crippen LogP contribution in [-0.2, 0) is 0 Å². The van der Waals surface area contributed by atoms with E-state index in [0.29, 0.717) is 11.3 Å². The molecule has 0 spiro atoms. The quantitative estimate of drug-likeness (QED) is 0.771. The highest BCUT2D eigenvalue weighted by atomic mass is 16.5. The second-order valence-electron chi connectivity index (χ2n) is 3.26. The number of aliphatic hydroxyl groups is 1.